The van der Waals surface area contributed by atoms with Gasteiger partial charge in [-0.15, -0.1) is 11.3 Å². The maximum absolute atomic E-state index is 13.1. The van der Waals surface area contributed by atoms with Gasteiger partial charge < -0.3 is 19.7 Å². The van der Waals surface area contributed by atoms with E-state index in [2.05, 4.69) is 15.3 Å². The maximum atomic E-state index is 13.1. The summed E-state index contributed by atoms with van der Waals surface area (Å²) in [6, 6.07) is 0. The van der Waals surface area contributed by atoms with E-state index < -0.39 is 0 Å². The number of piperidine rings is 1. The number of amides is 1. The molecule has 7 nitrogen and oxygen atoms in total. The van der Waals surface area contributed by atoms with Gasteiger partial charge in [-0.1, -0.05) is 0 Å². The molecule has 1 N–H and O–H groups in total. The van der Waals surface area contributed by atoms with E-state index in [0.717, 1.165) is 53.1 Å². The highest BCUT2D eigenvalue weighted by Crippen LogP contribution is 2.36. The second-order valence-corrected chi connectivity index (χ2v) is 7.95. The molecule has 1 fully saturated rings. The van der Waals surface area contributed by atoms with Crippen molar-refractivity contribution in [1.82, 2.24) is 20.2 Å². The lowest BCUT2D eigenvalue weighted by atomic mass is 9.93. The fraction of sp³-hybridized carbons (Fsp3) is 0.632. The third kappa shape index (κ3) is 4.23. The first-order chi connectivity index (χ1) is 13.1. The second-order valence-electron chi connectivity index (χ2n) is 6.95. The number of rotatable bonds is 7. The summed E-state index contributed by atoms with van der Waals surface area (Å²) >= 11 is 1.42. The SMILES string of the molecule is CNCCC1CCN(C(=O)c2sc3nc(COC)nc(OC)c3c2C)CC1. The topological polar surface area (TPSA) is 76.6 Å². The lowest BCUT2D eigenvalue weighted by Gasteiger charge is -2.32. The van der Waals surface area contributed by atoms with E-state index in [-0.39, 0.29) is 5.91 Å². The van der Waals surface area contributed by atoms with Gasteiger partial charge in [-0.25, -0.2) is 4.98 Å². The highest BCUT2D eigenvalue weighted by Gasteiger charge is 2.27. The summed E-state index contributed by atoms with van der Waals surface area (Å²) in [5.41, 5.74) is 0.901. The number of methoxy groups -OCH3 is 2. The van der Waals surface area contributed by atoms with Gasteiger partial charge in [0.1, 0.15) is 11.4 Å². The first kappa shape index (κ1) is 20.0. The quantitative estimate of drug-likeness (QED) is 0.781. The Morgan fingerprint density at radius 1 is 1.30 bits per heavy atom. The minimum atomic E-state index is 0.0953. The summed E-state index contributed by atoms with van der Waals surface area (Å²) < 4.78 is 10.6. The number of thiophene rings is 1. The average Bonchev–Trinajstić information content (AvgIpc) is 3.02. The van der Waals surface area contributed by atoms with Gasteiger partial charge in [0, 0.05) is 20.2 Å². The molecule has 1 aliphatic heterocycles. The van der Waals surface area contributed by atoms with Crippen molar-refractivity contribution in [3.63, 3.8) is 0 Å². The molecule has 2 aromatic rings. The molecule has 8 heteroatoms. The molecule has 1 aliphatic rings. The third-order valence-corrected chi connectivity index (χ3v) is 6.34. The van der Waals surface area contributed by atoms with Gasteiger partial charge in [-0.3, -0.25) is 4.79 Å². The van der Waals surface area contributed by atoms with Crippen molar-refractivity contribution in [2.24, 2.45) is 5.92 Å². The summed E-state index contributed by atoms with van der Waals surface area (Å²) in [4.78, 5) is 25.6. The Hall–Kier alpha value is -1.77. The monoisotopic (exact) mass is 392 g/mol. The van der Waals surface area contributed by atoms with Crippen LogP contribution < -0.4 is 10.1 Å². The van der Waals surface area contributed by atoms with Crippen molar-refractivity contribution in [1.29, 1.82) is 0 Å². The number of carbonyl (C=O) groups excluding carboxylic acids is 1. The zero-order valence-corrected chi connectivity index (χ0v) is 17.3. The third-order valence-electron chi connectivity index (χ3n) is 5.17. The minimum absolute atomic E-state index is 0.0953. The van der Waals surface area contributed by atoms with Crippen LogP contribution in [0.15, 0.2) is 0 Å². The number of hydrogen-bond acceptors (Lipinski definition) is 7. The maximum Gasteiger partial charge on any atom is 0.264 e. The molecular formula is C19H28N4O3S. The van der Waals surface area contributed by atoms with Gasteiger partial charge in [-0.05, 0) is 51.3 Å². The standard InChI is InChI=1S/C19H28N4O3S/c1-12-15-17(26-4)21-14(11-25-3)22-18(15)27-16(12)19(24)23-9-6-13(7-10-23)5-8-20-2/h13,20H,5-11H2,1-4H3. The number of fused-ring (bicyclic) bond motifs is 1. The molecule has 0 spiro atoms. The van der Waals surface area contributed by atoms with Gasteiger partial charge in [-0.2, -0.15) is 4.98 Å². The lowest BCUT2D eigenvalue weighted by Crippen LogP contribution is -2.38. The molecule has 1 saturated heterocycles. The van der Waals surface area contributed by atoms with Crippen LogP contribution in [0.3, 0.4) is 0 Å². The lowest BCUT2D eigenvalue weighted by molar-refractivity contribution is 0.0691. The fourth-order valence-corrected chi connectivity index (χ4v) is 4.76. The van der Waals surface area contributed by atoms with E-state index in [4.69, 9.17) is 9.47 Å². The van der Waals surface area contributed by atoms with Gasteiger partial charge in [0.25, 0.3) is 5.91 Å². The Labute approximate surface area is 164 Å². The van der Waals surface area contributed by atoms with Crippen molar-refractivity contribution in [2.45, 2.75) is 32.8 Å². The van der Waals surface area contributed by atoms with Crippen LogP contribution in [0.2, 0.25) is 0 Å². The molecule has 0 aromatic carbocycles. The normalized spacial score (nSPS) is 15.5. The number of hydrogen-bond donors (Lipinski definition) is 1. The summed E-state index contributed by atoms with van der Waals surface area (Å²) in [5, 5.41) is 4.04. The van der Waals surface area contributed by atoms with Crippen molar-refractivity contribution in [3.8, 4) is 5.88 Å². The summed E-state index contributed by atoms with van der Waals surface area (Å²) in [6.45, 7) is 4.94. The Morgan fingerprint density at radius 2 is 2.04 bits per heavy atom. The summed E-state index contributed by atoms with van der Waals surface area (Å²) in [6.07, 6.45) is 3.31. The largest absolute Gasteiger partial charge is 0.480 e. The Bertz CT molecular complexity index is 800. The highest BCUT2D eigenvalue weighted by atomic mass is 32.1. The fourth-order valence-electron chi connectivity index (χ4n) is 3.61. The van der Waals surface area contributed by atoms with Crippen LogP contribution >= 0.6 is 11.3 Å². The van der Waals surface area contributed by atoms with Crippen molar-refractivity contribution in [2.75, 3.05) is 40.9 Å². The first-order valence-corrected chi connectivity index (χ1v) is 10.2. The second kappa shape index (κ2) is 8.95. The molecule has 0 unspecified atom stereocenters. The molecule has 27 heavy (non-hydrogen) atoms. The smallest absolute Gasteiger partial charge is 0.264 e. The van der Waals surface area contributed by atoms with Crippen LogP contribution in [-0.2, 0) is 11.3 Å². The van der Waals surface area contributed by atoms with Crippen LogP contribution in [0.4, 0.5) is 0 Å². The average molecular weight is 393 g/mol. The number of likely N-dealkylation sites (tertiary alicyclic amines) is 1. The zero-order chi connectivity index (χ0) is 19.4. The predicted molar refractivity (Wildman–Crippen MR) is 107 cm³/mol. The highest BCUT2D eigenvalue weighted by molar-refractivity contribution is 7.20. The van der Waals surface area contributed by atoms with Crippen molar-refractivity contribution in [3.05, 3.63) is 16.3 Å². The minimum Gasteiger partial charge on any atom is -0.480 e. The summed E-state index contributed by atoms with van der Waals surface area (Å²) in [5.74, 6) is 1.86. The van der Waals surface area contributed by atoms with E-state index in [0.29, 0.717) is 24.2 Å². The zero-order valence-electron chi connectivity index (χ0n) is 16.5. The van der Waals surface area contributed by atoms with Gasteiger partial charge in [0.15, 0.2) is 5.82 Å². The van der Waals surface area contributed by atoms with E-state index in [1.165, 1.54) is 17.8 Å². The number of nitrogens with zero attached hydrogens (tertiary/aromatic N) is 3. The predicted octanol–water partition coefficient (Wildman–Crippen LogP) is 2.62. The Balaban J connectivity index is 1.82. The molecule has 0 radical (unpaired) electrons. The molecule has 3 rings (SSSR count). The van der Waals surface area contributed by atoms with Gasteiger partial charge >= 0.3 is 0 Å². The Kier molecular flexibility index (Phi) is 6.62. The molecule has 148 valence electrons. The van der Waals surface area contributed by atoms with E-state index in [1.54, 1.807) is 14.2 Å². The van der Waals surface area contributed by atoms with Crippen LogP contribution in [0.1, 0.15) is 40.3 Å². The van der Waals surface area contributed by atoms with Crippen LogP contribution in [0.5, 0.6) is 5.88 Å². The van der Waals surface area contributed by atoms with E-state index in [9.17, 15) is 4.79 Å². The van der Waals surface area contributed by atoms with Crippen LogP contribution in [0, 0.1) is 12.8 Å². The number of ether oxygens (including phenoxy) is 2. The summed E-state index contributed by atoms with van der Waals surface area (Å²) in [7, 11) is 5.18. The number of carbonyl (C=O) groups is 1. The molecule has 3 heterocycles. The van der Waals surface area contributed by atoms with Gasteiger partial charge in [0.05, 0.1) is 17.4 Å². The molecule has 1 amide bonds. The molecule has 0 aliphatic carbocycles. The van der Waals surface area contributed by atoms with Crippen molar-refractivity contribution >= 4 is 27.5 Å². The molecule has 0 atom stereocenters. The number of nitrogens with one attached hydrogen (secondary N) is 1. The molecular weight excluding hydrogens is 364 g/mol. The van der Waals surface area contributed by atoms with E-state index in [1.807, 2.05) is 18.9 Å². The van der Waals surface area contributed by atoms with Crippen molar-refractivity contribution < 1.29 is 14.3 Å². The molecule has 0 saturated carbocycles. The van der Waals surface area contributed by atoms with E-state index >= 15 is 0 Å². The number of aryl methyl sites for hydroxylation is 1. The van der Waals surface area contributed by atoms with Gasteiger partial charge in [0.2, 0.25) is 5.88 Å². The first-order valence-electron chi connectivity index (χ1n) is 9.35. The van der Waals surface area contributed by atoms with Crippen LogP contribution in [-0.4, -0.2) is 61.7 Å². The number of aromatic nitrogens is 2. The molecule has 0 bridgehead atoms. The molecule has 2 aromatic heterocycles. The van der Waals surface area contributed by atoms with Crippen LogP contribution in [0.25, 0.3) is 10.2 Å². The Morgan fingerprint density at radius 3 is 2.67 bits per heavy atom.